The quantitative estimate of drug-likeness (QED) is 0.776. The van der Waals surface area contributed by atoms with Gasteiger partial charge in [0.1, 0.15) is 0 Å². The van der Waals surface area contributed by atoms with Gasteiger partial charge >= 0.3 is 6.03 Å². The first-order valence-corrected chi connectivity index (χ1v) is 8.72. The minimum absolute atomic E-state index is 0. The Hall–Kier alpha value is -1.01. The largest absolute Gasteiger partial charge is 0.337 e. The van der Waals surface area contributed by atoms with Gasteiger partial charge < -0.3 is 20.0 Å². The third-order valence-electron chi connectivity index (χ3n) is 5.28. The van der Waals surface area contributed by atoms with Crippen molar-refractivity contribution in [2.75, 3.05) is 45.8 Å². The van der Waals surface area contributed by atoms with E-state index in [9.17, 15) is 9.59 Å². The van der Waals surface area contributed by atoms with Crippen LogP contribution in [0.4, 0.5) is 4.79 Å². The lowest BCUT2D eigenvalue weighted by Gasteiger charge is -2.39. The van der Waals surface area contributed by atoms with Gasteiger partial charge in [-0.05, 0) is 32.6 Å². The first kappa shape index (κ1) is 18.3. The van der Waals surface area contributed by atoms with Crippen molar-refractivity contribution in [3.63, 3.8) is 0 Å². The minimum Gasteiger partial charge on any atom is -0.337 e. The molecule has 7 heteroatoms. The molecule has 0 spiro atoms. The molecule has 3 saturated heterocycles. The summed E-state index contributed by atoms with van der Waals surface area (Å²) < 4.78 is 0. The maximum Gasteiger partial charge on any atom is 0.319 e. The molecule has 3 heterocycles. The summed E-state index contributed by atoms with van der Waals surface area (Å²) >= 11 is 0. The van der Waals surface area contributed by atoms with Crippen LogP contribution in [-0.2, 0) is 4.79 Å². The lowest BCUT2D eigenvalue weighted by molar-refractivity contribution is -0.139. The van der Waals surface area contributed by atoms with Gasteiger partial charge in [-0.15, -0.1) is 12.4 Å². The molecular formula is C16H29ClN4O2. The van der Waals surface area contributed by atoms with E-state index in [4.69, 9.17) is 0 Å². The highest BCUT2D eigenvalue weighted by atomic mass is 35.5. The molecule has 6 nitrogen and oxygen atoms in total. The first-order chi connectivity index (χ1) is 10.7. The van der Waals surface area contributed by atoms with Gasteiger partial charge in [0.25, 0.3) is 0 Å². The number of halogens is 1. The molecule has 1 N–H and O–H groups in total. The van der Waals surface area contributed by atoms with Crippen molar-refractivity contribution in [1.29, 1.82) is 0 Å². The van der Waals surface area contributed by atoms with Crippen LogP contribution in [0.5, 0.6) is 0 Å². The van der Waals surface area contributed by atoms with Crippen molar-refractivity contribution in [2.24, 2.45) is 5.92 Å². The van der Waals surface area contributed by atoms with E-state index in [1.807, 2.05) is 14.7 Å². The number of carbonyl (C=O) groups excluding carboxylic acids is 2. The van der Waals surface area contributed by atoms with E-state index in [-0.39, 0.29) is 30.4 Å². The van der Waals surface area contributed by atoms with Crippen LogP contribution in [0.2, 0.25) is 0 Å². The number of hydrogen-bond donors (Lipinski definition) is 1. The highest BCUT2D eigenvalue weighted by Crippen LogP contribution is 2.23. The monoisotopic (exact) mass is 344 g/mol. The summed E-state index contributed by atoms with van der Waals surface area (Å²) in [5.74, 6) is 0.394. The number of piperidine rings is 1. The van der Waals surface area contributed by atoms with Crippen LogP contribution >= 0.6 is 12.4 Å². The number of nitrogens with one attached hydrogen (secondary N) is 1. The van der Waals surface area contributed by atoms with Gasteiger partial charge in [-0.3, -0.25) is 4.79 Å². The average Bonchev–Trinajstić information content (AvgIpc) is 3.09. The summed E-state index contributed by atoms with van der Waals surface area (Å²) in [6.45, 7) is 7.95. The number of piperazine rings is 1. The highest BCUT2D eigenvalue weighted by Gasteiger charge is 2.34. The Morgan fingerprint density at radius 3 is 2.17 bits per heavy atom. The highest BCUT2D eigenvalue weighted by molar-refractivity contribution is 5.85. The normalized spacial score (nSPS) is 26.1. The van der Waals surface area contributed by atoms with Crippen molar-refractivity contribution >= 4 is 24.3 Å². The van der Waals surface area contributed by atoms with Gasteiger partial charge in [-0.1, -0.05) is 0 Å². The molecule has 1 atom stereocenters. The van der Waals surface area contributed by atoms with Crippen molar-refractivity contribution in [2.45, 2.75) is 38.6 Å². The van der Waals surface area contributed by atoms with Gasteiger partial charge in [0, 0.05) is 57.8 Å². The zero-order valence-electron chi connectivity index (χ0n) is 14.0. The lowest BCUT2D eigenvalue weighted by atomic mass is 9.94. The first-order valence-electron chi connectivity index (χ1n) is 8.72. The zero-order chi connectivity index (χ0) is 15.5. The number of amides is 3. The van der Waals surface area contributed by atoms with E-state index in [2.05, 4.69) is 12.2 Å². The summed E-state index contributed by atoms with van der Waals surface area (Å²) in [4.78, 5) is 31.0. The van der Waals surface area contributed by atoms with Crippen LogP contribution in [0.1, 0.15) is 32.6 Å². The Morgan fingerprint density at radius 2 is 1.57 bits per heavy atom. The second-order valence-corrected chi connectivity index (χ2v) is 6.82. The molecule has 0 saturated carbocycles. The average molecular weight is 345 g/mol. The second kappa shape index (κ2) is 8.20. The molecule has 3 amide bonds. The topological polar surface area (TPSA) is 55.9 Å². The summed E-state index contributed by atoms with van der Waals surface area (Å²) in [5, 5.41) is 3.32. The molecule has 0 aromatic carbocycles. The van der Waals surface area contributed by atoms with Crippen molar-refractivity contribution < 1.29 is 9.59 Å². The van der Waals surface area contributed by atoms with E-state index >= 15 is 0 Å². The SMILES string of the molecule is C[C@H]1CNCCN1C(=O)C1CCN(C(=O)N2CCCC2)CC1.Cl. The maximum atomic E-state index is 12.7. The standard InChI is InChI=1S/C16H28N4O2.ClH/c1-13-12-17-6-11-20(13)15(21)14-4-9-19(10-5-14)16(22)18-7-2-3-8-18;/h13-14,17H,2-12H2,1H3;1H/t13-;/m0./s1. The Labute approximate surface area is 145 Å². The van der Waals surface area contributed by atoms with E-state index in [1.54, 1.807) is 0 Å². The number of rotatable bonds is 1. The van der Waals surface area contributed by atoms with Gasteiger partial charge in [-0.25, -0.2) is 4.79 Å². The van der Waals surface area contributed by atoms with E-state index < -0.39 is 0 Å². The number of carbonyl (C=O) groups is 2. The maximum absolute atomic E-state index is 12.7. The van der Waals surface area contributed by atoms with Gasteiger partial charge in [0.05, 0.1) is 0 Å². The van der Waals surface area contributed by atoms with Crippen LogP contribution in [0.25, 0.3) is 0 Å². The zero-order valence-corrected chi connectivity index (χ0v) is 14.8. The fourth-order valence-electron chi connectivity index (χ4n) is 3.83. The molecule has 3 aliphatic heterocycles. The summed E-state index contributed by atoms with van der Waals surface area (Å²) in [7, 11) is 0. The Morgan fingerprint density at radius 1 is 0.957 bits per heavy atom. The molecule has 3 rings (SSSR count). The third kappa shape index (κ3) is 4.10. The molecule has 3 aliphatic rings. The predicted molar refractivity (Wildman–Crippen MR) is 91.8 cm³/mol. The van der Waals surface area contributed by atoms with E-state index in [1.165, 1.54) is 0 Å². The molecule has 0 bridgehead atoms. The fraction of sp³-hybridized carbons (Fsp3) is 0.875. The molecule has 0 aromatic heterocycles. The minimum atomic E-state index is 0. The van der Waals surface area contributed by atoms with E-state index in [0.29, 0.717) is 5.91 Å². The molecule has 3 fully saturated rings. The van der Waals surface area contributed by atoms with Crippen LogP contribution in [0.3, 0.4) is 0 Å². The molecule has 0 aromatic rings. The molecule has 0 aliphatic carbocycles. The second-order valence-electron chi connectivity index (χ2n) is 6.82. The number of likely N-dealkylation sites (tertiary alicyclic amines) is 2. The summed E-state index contributed by atoms with van der Waals surface area (Å²) in [6.07, 6.45) is 3.88. The molecular weight excluding hydrogens is 316 g/mol. The Balaban J connectivity index is 0.00000192. The van der Waals surface area contributed by atoms with Crippen molar-refractivity contribution in [3.05, 3.63) is 0 Å². The van der Waals surface area contributed by atoms with Gasteiger partial charge in [0.2, 0.25) is 5.91 Å². The fourth-order valence-corrected chi connectivity index (χ4v) is 3.83. The number of hydrogen-bond acceptors (Lipinski definition) is 3. The van der Waals surface area contributed by atoms with Crippen molar-refractivity contribution in [3.8, 4) is 0 Å². The van der Waals surface area contributed by atoms with Crippen LogP contribution in [-0.4, -0.2) is 78.5 Å². The van der Waals surface area contributed by atoms with Crippen LogP contribution < -0.4 is 5.32 Å². The number of urea groups is 1. The van der Waals surface area contributed by atoms with Crippen LogP contribution in [0.15, 0.2) is 0 Å². The number of nitrogens with zero attached hydrogens (tertiary/aromatic N) is 3. The van der Waals surface area contributed by atoms with Crippen molar-refractivity contribution in [1.82, 2.24) is 20.0 Å². The molecule has 132 valence electrons. The molecule has 0 radical (unpaired) electrons. The van der Waals surface area contributed by atoms with E-state index in [0.717, 1.165) is 71.5 Å². The Kier molecular flexibility index (Phi) is 6.53. The van der Waals surface area contributed by atoms with Gasteiger partial charge in [0.15, 0.2) is 0 Å². The lowest BCUT2D eigenvalue weighted by Crippen LogP contribution is -2.55. The molecule has 23 heavy (non-hydrogen) atoms. The smallest absolute Gasteiger partial charge is 0.319 e. The summed E-state index contributed by atoms with van der Waals surface area (Å²) in [6, 6.07) is 0.462. The Bertz CT molecular complexity index is 420. The third-order valence-corrected chi connectivity index (χ3v) is 5.28. The van der Waals surface area contributed by atoms with Crippen LogP contribution in [0, 0.1) is 5.92 Å². The van der Waals surface area contributed by atoms with Gasteiger partial charge in [-0.2, -0.15) is 0 Å². The predicted octanol–water partition coefficient (Wildman–Crippen LogP) is 1.16. The molecule has 0 unspecified atom stereocenters. The summed E-state index contributed by atoms with van der Waals surface area (Å²) in [5.41, 5.74) is 0.